The van der Waals surface area contributed by atoms with Crippen LogP contribution in [-0.4, -0.2) is 29.6 Å². The molecule has 1 atom stereocenters. The molecule has 7 heteroatoms. The number of aromatic nitrogens is 2. The molecule has 0 saturated carbocycles. The third kappa shape index (κ3) is 7.57. The Morgan fingerprint density at radius 3 is 1.29 bits per heavy atom. The van der Waals surface area contributed by atoms with Gasteiger partial charge < -0.3 is 15.2 Å². The molecule has 0 radical (unpaired) electrons. The molecule has 2 heterocycles. The monoisotopic (exact) mass is 825 g/mol. The summed E-state index contributed by atoms with van der Waals surface area (Å²) < 4.78 is 0. The first-order chi connectivity index (χ1) is 30.7. The minimum atomic E-state index is 0.414. The van der Waals surface area contributed by atoms with Crippen molar-refractivity contribution in [1.29, 1.82) is 0 Å². The quantitative estimate of drug-likeness (QED) is 0.0949. The summed E-state index contributed by atoms with van der Waals surface area (Å²) in [5, 5.41) is 5.50. The minimum Gasteiger partial charge on any atom is -0.459 e. The molecule has 314 valence electrons. The van der Waals surface area contributed by atoms with Crippen molar-refractivity contribution in [1.82, 2.24) is 9.97 Å². The second-order valence-corrected chi connectivity index (χ2v) is 18.2. The summed E-state index contributed by atoms with van der Waals surface area (Å²) in [7, 11) is 0. The third-order valence-corrected chi connectivity index (χ3v) is 12.0. The fourth-order valence-corrected chi connectivity index (χ4v) is 9.34. The average Bonchev–Trinajstić information content (AvgIpc) is 3.71. The topological polar surface area (TPSA) is 62.8 Å². The van der Waals surface area contributed by atoms with E-state index < -0.39 is 0 Å². The van der Waals surface area contributed by atoms with Gasteiger partial charge in [0.2, 0.25) is 0 Å². The van der Waals surface area contributed by atoms with Crippen molar-refractivity contribution in [3.8, 4) is 22.3 Å². The second kappa shape index (κ2) is 16.7. The summed E-state index contributed by atoms with van der Waals surface area (Å²) in [5.74, 6) is 1.37. The molecule has 8 aromatic carbocycles. The van der Waals surface area contributed by atoms with Crippen molar-refractivity contribution in [3.05, 3.63) is 163 Å². The Kier molecular flexibility index (Phi) is 10.7. The molecule has 1 aromatic heterocycles. The number of nitrogens with zero attached hydrogens (tertiary/aromatic N) is 5. The lowest BCUT2D eigenvalue weighted by Crippen LogP contribution is -3.10. The van der Waals surface area contributed by atoms with Crippen LogP contribution in [0.4, 0.5) is 34.1 Å². The molecule has 2 N–H and O–H groups in total. The van der Waals surface area contributed by atoms with Gasteiger partial charge in [0.05, 0.1) is 28.8 Å². The zero-order valence-corrected chi connectivity index (χ0v) is 37.1. The van der Waals surface area contributed by atoms with Crippen molar-refractivity contribution < 1.29 is 5.12 Å². The first kappa shape index (κ1) is 40.1. The lowest BCUT2D eigenvalue weighted by molar-refractivity contribution is -0.834. The number of quaternary nitrogens is 1. The van der Waals surface area contributed by atoms with Crippen molar-refractivity contribution in [2.24, 2.45) is 17.8 Å². The molecule has 0 bridgehead atoms. The summed E-state index contributed by atoms with van der Waals surface area (Å²) in [6.07, 6.45) is 0. The lowest BCUT2D eigenvalue weighted by Gasteiger charge is -2.28. The van der Waals surface area contributed by atoms with Crippen LogP contribution in [0.25, 0.3) is 71.3 Å². The van der Waals surface area contributed by atoms with Gasteiger partial charge in [-0.05, 0) is 82.3 Å². The van der Waals surface area contributed by atoms with Crippen LogP contribution in [0.15, 0.2) is 158 Å². The highest BCUT2D eigenvalue weighted by Gasteiger charge is 2.28. The van der Waals surface area contributed by atoms with Crippen LogP contribution in [0.3, 0.4) is 0 Å². The van der Waals surface area contributed by atoms with E-state index in [2.05, 4.69) is 214 Å². The first-order valence-corrected chi connectivity index (χ1v) is 22.5. The molecule has 0 spiro atoms. The molecule has 1 unspecified atom stereocenters. The SMILES string of the molecule is CC(C)CN(c1ccccc1)c1ccc(-c2c3c(c(-c4ccc(N(CC(C)C)c5ccccc5)cc4)c4nc5c6ccccc6c6ccccc6c5nc24)N[NH+](CC(C)C)[N-]3)cc1. The van der Waals surface area contributed by atoms with Gasteiger partial charge in [0, 0.05) is 63.7 Å². The van der Waals surface area contributed by atoms with Crippen molar-refractivity contribution in [3.63, 3.8) is 0 Å². The van der Waals surface area contributed by atoms with Crippen LogP contribution < -0.4 is 20.3 Å². The van der Waals surface area contributed by atoms with Gasteiger partial charge in [-0.1, -0.05) is 156 Å². The van der Waals surface area contributed by atoms with Gasteiger partial charge in [0.25, 0.3) is 0 Å². The molecule has 1 aliphatic heterocycles. The number of rotatable bonds is 12. The molecule has 0 fully saturated rings. The predicted molar refractivity (Wildman–Crippen MR) is 267 cm³/mol. The van der Waals surface area contributed by atoms with Gasteiger partial charge in [-0.25, -0.2) is 15.4 Å². The van der Waals surface area contributed by atoms with Crippen LogP contribution in [0.2, 0.25) is 0 Å². The maximum absolute atomic E-state index is 5.77. The Morgan fingerprint density at radius 1 is 0.444 bits per heavy atom. The zero-order chi connectivity index (χ0) is 43.2. The number of hydrogen-bond donors (Lipinski definition) is 2. The molecule has 9 aromatic rings. The Balaban J connectivity index is 1.24. The van der Waals surface area contributed by atoms with E-state index in [-0.39, 0.29) is 0 Å². The highest BCUT2D eigenvalue weighted by atomic mass is 15.8. The Hall–Kier alpha value is -6.96. The molecular weight excluding hydrogens is 771 g/mol. The molecule has 1 aliphatic rings. The van der Waals surface area contributed by atoms with Gasteiger partial charge >= 0.3 is 0 Å². The summed E-state index contributed by atoms with van der Waals surface area (Å²) >= 11 is 0. The van der Waals surface area contributed by atoms with Gasteiger partial charge in [-0.3, -0.25) is 5.12 Å². The Morgan fingerprint density at radius 2 is 0.841 bits per heavy atom. The average molecular weight is 826 g/mol. The largest absolute Gasteiger partial charge is 0.459 e. The van der Waals surface area contributed by atoms with E-state index >= 15 is 0 Å². The molecule has 0 saturated heterocycles. The summed E-state index contributed by atoms with van der Waals surface area (Å²) in [6, 6.07) is 56.7. The lowest BCUT2D eigenvalue weighted by atomic mass is 9.92. The molecule has 0 aliphatic carbocycles. The normalized spacial score (nSPS) is 13.6. The smallest absolute Gasteiger partial charge is 0.100 e. The van der Waals surface area contributed by atoms with Crippen LogP contribution in [0.1, 0.15) is 41.5 Å². The van der Waals surface area contributed by atoms with Crippen LogP contribution in [-0.2, 0) is 0 Å². The van der Waals surface area contributed by atoms with Crippen molar-refractivity contribution >= 4 is 77.7 Å². The number of para-hydroxylation sites is 2. The highest BCUT2D eigenvalue weighted by Crippen LogP contribution is 2.52. The molecular formula is C56H55N7. The summed E-state index contributed by atoms with van der Waals surface area (Å²) in [4.78, 5) is 16.4. The minimum absolute atomic E-state index is 0.414. The second-order valence-electron chi connectivity index (χ2n) is 18.2. The number of benzene rings is 8. The van der Waals surface area contributed by atoms with Gasteiger partial charge in [-0.15, -0.1) is 0 Å². The van der Waals surface area contributed by atoms with Crippen molar-refractivity contribution in [2.45, 2.75) is 41.5 Å². The van der Waals surface area contributed by atoms with Gasteiger partial charge in [0.1, 0.15) is 5.52 Å². The summed E-state index contributed by atoms with van der Waals surface area (Å²) in [6.45, 7) is 16.2. The van der Waals surface area contributed by atoms with E-state index in [9.17, 15) is 0 Å². The molecule has 10 rings (SSSR count). The van der Waals surface area contributed by atoms with E-state index in [0.717, 1.165) is 103 Å². The maximum atomic E-state index is 5.77. The number of anilines is 5. The van der Waals surface area contributed by atoms with E-state index in [0.29, 0.717) is 17.8 Å². The number of nitrogens with one attached hydrogen (secondary N) is 2. The fraction of sp³-hybridized carbons (Fsp3) is 0.214. The van der Waals surface area contributed by atoms with E-state index in [1.165, 1.54) is 22.1 Å². The highest BCUT2D eigenvalue weighted by molar-refractivity contribution is 6.25. The Labute approximate surface area is 371 Å². The fourth-order valence-electron chi connectivity index (χ4n) is 9.34. The number of hydrogen-bond acceptors (Lipinski definition) is 5. The summed E-state index contributed by atoms with van der Waals surface area (Å²) in [5.41, 5.74) is 23.5. The van der Waals surface area contributed by atoms with Crippen LogP contribution >= 0.6 is 0 Å². The third-order valence-electron chi connectivity index (χ3n) is 12.0. The van der Waals surface area contributed by atoms with Crippen LogP contribution in [0, 0.1) is 17.8 Å². The zero-order valence-electron chi connectivity index (χ0n) is 37.1. The molecule has 0 amide bonds. The van der Waals surface area contributed by atoms with Gasteiger partial charge in [0.15, 0.2) is 0 Å². The van der Waals surface area contributed by atoms with Crippen LogP contribution in [0.5, 0.6) is 0 Å². The maximum Gasteiger partial charge on any atom is 0.100 e. The van der Waals surface area contributed by atoms with E-state index in [4.69, 9.17) is 15.4 Å². The molecule has 7 nitrogen and oxygen atoms in total. The predicted octanol–water partition coefficient (Wildman–Crippen LogP) is 13.8. The van der Waals surface area contributed by atoms with Crippen molar-refractivity contribution in [2.75, 3.05) is 34.9 Å². The standard InChI is InChI=1S/C56H55N7/c1-36(2)33-61(41-17-9-7-10-18-41)43-29-25-39(26-30-43)49-53-54(58-52-48-24-16-14-22-46(48)45-21-13-15-23-47(45)51(52)57-53)50(56-55(49)59-63(60-56)35-38(5)6)40-27-31-44(32-28-40)62(34-37(3)4)42-19-11-8-12-20-42/h7-32,36-38,59,63H,33-35H2,1-6H3. The number of fused-ring (bicyclic) bond motifs is 8. The Bertz CT molecular complexity index is 2870. The first-order valence-electron chi connectivity index (χ1n) is 22.5. The van der Waals surface area contributed by atoms with Gasteiger partial charge in [-0.2, -0.15) is 0 Å². The molecule has 63 heavy (non-hydrogen) atoms. The van der Waals surface area contributed by atoms with E-state index in [1.807, 2.05) is 0 Å². The van der Waals surface area contributed by atoms with E-state index in [1.54, 1.807) is 0 Å².